The zero-order valence-corrected chi connectivity index (χ0v) is 23.1. The van der Waals surface area contributed by atoms with Gasteiger partial charge in [-0.25, -0.2) is 4.79 Å². The van der Waals surface area contributed by atoms with E-state index in [0.29, 0.717) is 24.9 Å². The van der Waals surface area contributed by atoms with E-state index >= 15 is 0 Å². The first kappa shape index (κ1) is 32.1. The van der Waals surface area contributed by atoms with Gasteiger partial charge in [-0.3, -0.25) is 14.4 Å². The summed E-state index contributed by atoms with van der Waals surface area (Å²) in [6.07, 6.45) is 3.05. The summed E-state index contributed by atoms with van der Waals surface area (Å²) < 4.78 is 0. The molecule has 1 aromatic heterocycles. The Kier molecular flexibility index (Phi) is 11.8. The van der Waals surface area contributed by atoms with Gasteiger partial charge < -0.3 is 47.7 Å². The summed E-state index contributed by atoms with van der Waals surface area (Å²) in [7, 11) is 0. The molecule has 1 heterocycles. The van der Waals surface area contributed by atoms with Crippen LogP contribution in [0.15, 0.2) is 54.7 Å². The molecule has 11 N–H and O–H groups in total. The number of phenols is 1. The molecule has 0 spiro atoms. The van der Waals surface area contributed by atoms with Gasteiger partial charge >= 0.3 is 5.97 Å². The second-order valence-electron chi connectivity index (χ2n) is 10.0. The van der Waals surface area contributed by atoms with Crippen molar-refractivity contribution in [2.24, 2.45) is 11.5 Å². The zero-order valence-electron chi connectivity index (χ0n) is 23.1. The number of unbranched alkanes of at least 4 members (excludes halogenated alkanes) is 1. The molecular weight excluding hydrogens is 544 g/mol. The average molecular weight is 583 g/mol. The molecule has 2 aromatic carbocycles. The van der Waals surface area contributed by atoms with Gasteiger partial charge in [-0.1, -0.05) is 30.3 Å². The number of aliphatic carboxylic acids is 1. The summed E-state index contributed by atoms with van der Waals surface area (Å²) >= 11 is 0. The van der Waals surface area contributed by atoms with Gasteiger partial charge in [-0.2, -0.15) is 0 Å². The van der Waals surface area contributed by atoms with Crippen LogP contribution in [0.2, 0.25) is 0 Å². The molecule has 0 aliphatic carbocycles. The molecule has 3 rings (SSSR count). The third-order valence-electron chi connectivity index (χ3n) is 6.84. The average Bonchev–Trinajstić information content (AvgIpc) is 3.38. The highest BCUT2D eigenvalue weighted by molar-refractivity contribution is 5.94. The van der Waals surface area contributed by atoms with Crippen molar-refractivity contribution in [3.05, 3.63) is 65.9 Å². The quantitative estimate of drug-likeness (QED) is 0.100. The molecule has 0 aliphatic rings. The molecule has 0 aliphatic heterocycles. The van der Waals surface area contributed by atoms with E-state index in [2.05, 4.69) is 20.9 Å². The van der Waals surface area contributed by atoms with E-state index in [1.54, 1.807) is 18.3 Å². The molecule has 3 amide bonds. The molecule has 226 valence electrons. The van der Waals surface area contributed by atoms with Crippen molar-refractivity contribution in [1.29, 1.82) is 0 Å². The number of aromatic nitrogens is 1. The molecule has 0 saturated carbocycles. The number of carboxylic acid groups (broad SMARTS) is 1. The molecule has 4 unspecified atom stereocenters. The second-order valence-corrected chi connectivity index (χ2v) is 10.0. The number of benzene rings is 2. The molecular formula is C29H38N6O7. The van der Waals surface area contributed by atoms with Crippen LogP contribution >= 0.6 is 0 Å². The number of amides is 3. The highest BCUT2D eigenvalue weighted by atomic mass is 16.4. The van der Waals surface area contributed by atoms with Gasteiger partial charge in [-0.05, 0) is 61.6 Å². The second kappa shape index (κ2) is 15.5. The fourth-order valence-corrected chi connectivity index (χ4v) is 4.47. The number of para-hydroxylation sites is 1. The standard InChI is InChI=1S/C29H38N6O7/c30-12-4-3-7-23(29(41)42)33-27(39)24(13-17-8-10-19(37)11-9-17)34-28(40)25(16-36)35-26(38)21(31)14-18-15-32-22-6-2-1-5-20(18)22/h1-2,5-6,8-11,15,21,23-25,32,36-37H,3-4,7,12-14,16,30-31H2,(H,33,39)(H,34,40)(H,35,38)(H,41,42). The van der Waals surface area contributed by atoms with Crippen LogP contribution in [0.1, 0.15) is 30.4 Å². The van der Waals surface area contributed by atoms with Crippen molar-refractivity contribution in [3.8, 4) is 5.75 Å². The molecule has 13 heteroatoms. The lowest BCUT2D eigenvalue weighted by Crippen LogP contribution is -2.58. The number of hydrogen-bond donors (Lipinski definition) is 9. The van der Waals surface area contributed by atoms with E-state index in [-0.39, 0.29) is 25.0 Å². The highest BCUT2D eigenvalue weighted by Gasteiger charge is 2.30. The van der Waals surface area contributed by atoms with E-state index in [1.165, 1.54) is 12.1 Å². The predicted octanol–water partition coefficient (Wildman–Crippen LogP) is -0.354. The highest BCUT2D eigenvalue weighted by Crippen LogP contribution is 2.19. The van der Waals surface area contributed by atoms with Crippen LogP contribution in [0.4, 0.5) is 0 Å². The van der Waals surface area contributed by atoms with Crippen molar-refractivity contribution < 1.29 is 34.5 Å². The van der Waals surface area contributed by atoms with Crippen LogP contribution < -0.4 is 27.4 Å². The number of nitrogens with two attached hydrogens (primary N) is 2. The number of carboxylic acids is 1. The van der Waals surface area contributed by atoms with E-state index in [1.807, 2.05) is 24.3 Å². The summed E-state index contributed by atoms with van der Waals surface area (Å²) in [5.41, 5.74) is 13.9. The Labute approximate surface area is 242 Å². The van der Waals surface area contributed by atoms with Crippen LogP contribution in [-0.4, -0.2) is 81.3 Å². The minimum absolute atomic E-state index is 0.00154. The van der Waals surface area contributed by atoms with E-state index < -0.39 is 54.5 Å². The molecule has 0 fully saturated rings. The number of fused-ring (bicyclic) bond motifs is 1. The Hall–Kier alpha value is -4.46. The number of aromatic amines is 1. The number of carbonyl (C=O) groups excluding carboxylic acids is 3. The molecule has 13 nitrogen and oxygen atoms in total. The van der Waals surface area contributed by atoms with E-state index in [4.69, 9.17) is 11.5 Å². The van der Waals surface area contributed by atoms with Crippen LogP contribution in [-0.2, 0) is 32.0 Å². The Morgan fingerprint density at radius 2 is 1.48 bits per heavy atom. The zero-order chi connectivity index (χ0) is 30.6. The molecule has 0 radical (unpaired) electrons. The Balaban J connectivity index is 1.69. The number of aromatic hydroxyl groups is 1. The summed E-state index contributed by atoms with van der Waals surface area (Å²) in [6, 6.07) is 8.49. The number of hydrogen-bond acceptors (Lipinski definition) is 8. The minimum atomic E-state index is -1.43. The van der Waals surface area contributed by atoms with Gasteiger partial charge in [0.2, 0.25) is 17.7 Å². The number of aliphatic hydroxyl groups excluding tert-OH is 1. The third-order valence-corrected chi connectivity index (χ3v) is 6.84. The number of carbonyl (C=O) groups is 4. The van der Waals surface area contributed by atoms with Crippen LogP contribution in [0.25, 0.3) is 10.9 Å². The first-order valence-corrected chi connectivity index (χ1v) is 13.7. The van der Waals surface area contributed by atoms with Crippen molar-refractivity contribution in [3.63, 3.8) is 0 Å². The SMILES string of the molecule is NCCCCC(NC(=O)C(Cc1ccc(O)cc1)NC(=O)C(CO)NC(=O)C(N)Cc1c[nH]c2ccccc12)C(=O)O. The van der Waals surface area contributed by atoms with Crippen molar-refractivity contribution >= 4 is 34.6 Å². The molecule has 3 aromatic rings. The van der Waals surface area contributed by atoms with Gasteiger partial charge in [0.1, 0.15) is 23.9 Å². The number of phenolic OH excluding ortho intramolecular Hbond substituents is 1. The Morgan fingerprint density at radius 1 is 0.833 bits per heavy atom. The third kappa shape index (κ3) is 9.03. The van der Waals surface area contributed by atoms with Gasteiger partial charge in [-0.15, -0.1) is 0 Å². The summed E-state index contributed by atoms with van der Waals surface area (Å²) in [5.74, 6) is -3.55. The van der Waals surface area contributed by atoms with Crippen LogP contribution in [0.5, 0.6) is 5.75 Å². The topological polar surface area (TPSA) is 233 Å². The molecule has 0 bridgehead atoms. The lowest BCUT2D eigenvalue weighted by Gasteiger charge is -2.24. The Morgan fingerprint density at radius 3 is 2.14 bits per heavy atom. The van der Waals surface area contributed by atoms with Crippen molar-refractivity contribution in [2.75, 3.05) is 13.2 Å². The lowest BCUT2D eigenvalue weighted by atomic mass is 10.0. The fraction of sp³-hybridized carbons (Fsp3) is 0.379. The molecule has 4 atom stereocenters. The summed E-state index contributed by atoms with van der Waals surface area (Å²) in [4.78, 5) is 54.0. The molecule has 0 saturated heterocycles. The minimum Gasteiger partial charge on any atom is -0.508 e. The van der Waals surface area contributed by atoms with Crippen molar-refractivity contribution in [2.45, 2.75) is 56.3 Å². The lowest BCUT2D eigenvalue weighted by molar-refractivity contribution is -0.142. The normalized spacial score (nSPS) is 14.0. The smallest absolute Gasteiger partial charge is 0.326 e. The van der Waals surface area contributed by atoms with Gasteiger partial charge in [0.15, 0.2) is 0 Å². The number of H-pyrrole nitrogens is 1. The maximum Gasteiger partial charge on any atom is 0.326 e. The maximum atomic E-state index is 13.2. The first-order chi connectivity index (χ1) is 20.1. The number of rotatable bonds is 16. The van der Waals surface area contributed by atoms with E-state index in [0.717, 1.165) is 16.5 Å². The number of aliphatic hydroxyl groups is 1. The van der Waals surface area contributed by atoms with E-state index in [9.17, 15) is 34.5 Å². The first-order valence-electron chi connectivity index (χ1n) is 13.7. The predicted molar refractivity (Wildman–Crippen MR) is 155 cm³/mol. The maximum absolute atomic E-state index is 13.2. The summed E-state index contributed by atoms with van der Waals surface area (Å²) in [5, 5.41) is 37.4. The van der Waals surface area contributed by atoms with Gasteiger partial charge in [0, 0.05) is 23.5 Å². The fourth-order valence-electron chi connectivity index (χ4n) is 4.47. The van der Waals surface area contributed by atoms with Crippen molar-refractivity contribution in [1.82, 2.24) is 20.9 Å². The molecule has 42 heavy (non-hydrogen) atoms. The van der Waals surface area contributed by atoms with Gasteiger partial charge in [0.05, 0.1) is 12.6 Å². The largest absolute Gasteiger partial charge is 0.508 e. The summed E-state index contributed by atoms with van der Waals surface area (Å²) in [6.45, 7) is -0.401. The van der Waals surface area contributed by atoms with Gasteiger partial charge in [0.25, 0.3) is 0 Å². The monoisotopic (exact) mass is 582 g/mol. The number of nitrogens with one attached hydrogen (secondary N) is 4. The van der Waals surface area contributed by atoms with Crippen LogP contribution in [0.3, 0.4) is 0 Å². The Bertz CT molecular complexity index is 1360. The van der Waals surface area contributed by atoms with Crippen LogP contribution in [0, 0.1) is 0 Å².